The van der Waals surface area contributed by atoms with Crippen molar-refractivity contribution in [2.24, 2.45) is 0 Å². The lowest BCUT2D eigenvalue weighted by atomic mass is 9.86. The summed E-state index contributed by atoms with van der Waals surface area (Å²) in [6.07, 6.45) is 0.921. The molecule has 0 saturated carbocycles. The third-order valence-electron chi connectivity index (χ3n) is 3.58. The summed E-state index contributed by atoms with van der Waals surface area (Å²) in [5.41, 5.74) is 3.90. The summed E-state index contributed by atoms with van der Waals surface area (Å²) in [4.78, 5) is 1.22. The maximum Gasteiger partial charge on any atom is 0.0804 e. The summed E-state index contributed by atoms with van der Waals surface area (Å²) < 4.78 is 4.10. The number of aromatic nitrogens is 2. The zero-order valence-electron chi connectivity index (χ0n) is 12.9. The summed E-state index contributed by atoms with van der Waals surface area (Å²) in [5, 5.41) is 7.60. The number of hydrogen-bond acceptors (Lipinski definition) is 4. The predicted molar refractivity (Wildman–Crippen MR) is 85.3 cm³/mol. The highest BCUT2D eigenvalue weighted by Gasteiger charge is 2.20. The van der Waals surface area contributed by atoms with Crippen molar-refractivity contribution >= 4 is 11.5 Å². The molecule has 1 atom stereocenters. The minimum atomic E-state index is 0.180. The molecule has 108 valence electrons. The van der Waals surface area contributed by atoms with Crippen molar-refractivity contribution in [1.29, 1.82) is 0 Å². The number of rotatable bonds is 4. The lowest BCUT2D eigenvalue weighted by Gasteiger charge is -2.21. The Balaban J connectivity index is 2.33. The van der Waals surface area contributed by atoms with Crippen molar-refractivity contribution in [2.75, 3.05) is 7.05 Å². The molecule has 0 amide bonds. The van der Waals surface area contributed by atoms with Gasteiger partial charge in [-0.05, 0) is 41.5 Å². The molecule has 0 fully saturated rings. The first-order valence-electron chi connectivity index (χ1n) is 7.06. The highest BCUT2D eigenvalue weighted by molar-refractivity contribution is 7.05. The summed E-state index contributed by atoms with van der Waals surface area (Å²) in [6.45, 7) is 8.83. The average Bonchev–Trinajstić information content (AvgIpc) is 2.87. The highest BCUT2D eigenvalue weighted by Crippen LogP contribution is 2.29. The Labute approximate surface area is 125 Å². The molecule has 2 aromatic rings. The first-order valence-corrected chi connectivity index (χ1v) is 7.83. The minimum absolute atomic E-state index is 0.180. The highest BCUT2D eigenvalue weighted by atomic mass is 32.1. The van der Waals surface area contributed by atoms with Gasteiger partial charge >= 0.3 is 0 Å². The van der Waals surface area contributed by atoms with Crippen molar-refractivity contribution in [2.45, 2.75) is 45.6 Å². The van der Waals surface area contributed by atoms with Gasteiger partial charge in [-0.15, -0.1) is 5.10 Å². The zero-order valence-corrected chi connectivity index (χ0v) is 13.7. The van der Waals surface area contributed by atoms with Gasteiger partial charge < -0.3 is 5.32 Å². The van der Waals surface area contributed by atoms with Crippen LogP contribution in [0.2, 0.25) is 0 Å². The van der Waals surface area contributed by atoms with Gasteiger partial charge in [0.05, 0.1) is 16.6 Å². The van der Waals surface area contributed by atoms with Crippen LogP contribution in [0.25, 0.3) is 0 Å². The van der Waals surface area contributed by atoms with E-state index < -0.39 is 0 Å². The molecule has 3 nitrogen and oxygen atoms in total. The normalized spacial score (nSPS) is 13.4. The Bertz CT molecular complexity index is 552. The molecule has 1 heterocycles. The average molecular weight is 289 g/mol. The maximum atomic E-state index is 4.21. The summed E-state index contributed by atoms with van der Waals surface area (Å²) in [7, 11) is 1.99. The number of nitrogens with one attached hydrogen (secondary N) is 1. The largest absolute Gasteiger partial charge is 0.309 e. The van der Waals surface area contributed by atoms with Gasteiger partial charge in [-0.2, -0.15) is 0 Å². The van der Waals surface area contributed by atoms with Gasteiger partial charge in [-0.25, -0.2) is 0 Å². The van der Waals surface area contributed by atoms with Crippen LogP contribution in [0.3, 0.4) is 0 Å². The van der Waals surface area contributed by atoms with E-state index in [0.717, 1.165) is 12.1 Å². The van der Waals surface area contributed by atoms with Gasteiger partial charge in [0.1, 0.15) is 0 Å². The molecule has 1 aromatic heterocycles. The minimum Gasteiger partial charge on any atom is -0.309 e. The fraction of sp³-hybridized carbons (Fsp3) is 0.500. The van der Waals surface area contributed by atoms with E-state index in [2.05, 4.69) is 66.9 Å². The molecule has 0 aliphatic heterocycles. The first-order chi connectivity index (χ1) is 9.47. The topological polar surface area (TPSA) is 37.8 Å². The van der Waals surface area contributed by atoms with Crippen LogP contribution in [0.5, 0.6) is 0 Å². The van der Waals surface area contributed by atoms with Crippen LogP contribution in [0.1, 0.15) is 55.4 Å². The molecule has 0 bridgehead atoms. The molecular formula is C16H23N3S. The molecule has 4 heteroatoms. The molecule has 1 unspecified atom stereocenters. The molecule has 0 spiro atoms. The van der Waals surface area contributed by atoms with E-state index in [1.54, 1.807) is 0 Å². The van der Waals surface area contributed by atoms with E-state index in [4.69, 9.17) is 0 Å². The smallest absolute Gasteiger partial charge is 0.0804 e. The Morgan fingerprint density at radius 1 is 1.20 bits per heavy atom. The van der Waals surface area contributed by atoms with E-state index >= 15 is 0 Å². The van der Waals surface area contributed by atoms with Gasteiger partial charge in [-0.1, -0.05) is 56.4 Å². The van der Waals surface area contributed by atoms with Gasteiger partial charge in [0.15, 0.2) is 0 Å². The quantitative estimate of drug-likeness (QED) is 0.932. The van der Waals surface area contributed by atoms with Crippen molar-refractivity contribution < 1.29 is 0 Å². The molecule has 1 aromatic carbocycles. The number of aryl methyl sites for hydroxylation is 1. The third kappa shape index (κ3) is 3.07. The van der Waals surface area contributed by atoms with Gasteiger partial charge in [0, 0.05) is 0 Å². The van der Waals surface area contributed by atoms with E-state index in [0.29, 0.717) is 0 Å². The predicted octanol–water partition coefficient (Wildman–Crippen LogP) is 3.71. The molecule has 20 heavy (non-hydrogen) atoms. The number of nitrogens with zero attached hydrogens (tertiary/aromatic N) is 2. The van der Waals surface area contributed by atoms with Crippen molar-refractivity contribution in [1.82, 2.24) is 14.9 Å². The fourth-order valence-electron chi connectivity index (χ4n) is 2.30. The summed E-state index contributed by atoms with van der Waals surface area (Å²) >= 11 is 1.49. The van der Waals surface area contributed by atoms with Crippen LogP contribution < -0.4 is 5.32 Å². The van der Waals surface area contributed by atoms with Gasteiger partial charge in [0.25, 0.3) is 0 Å². The van der Waals surface area contributed by atoms with Crippen LogP contribution in [0, 0.1) is 0 Å². The second-order valence-corrected chi connectivity index (χ2v) is 6.82. The van der Waals surface area contributed by atoms with Crippen LogP contribution in [0.15, 0.2) is 24.3 Å². The Morgan fingerprint density at radius 2 is 1.85 bits per heavy atom. The van der Waals surface area contributed by atoms with Gasteiger partial charge in [0.2, 0.25) is 0 Å². The van der Waals surface area contributed by atoms with Crippen molar-refractivity contribution in [3.63, 3.8) is 0 Å². The number of hydrogen-bond donors (Lipinski definition) is 1. The van der Waals surface area contributed by atoms with E-state index in [9.17, 15) is 0 Å². The van der Waals surface area contributed by atoms with Crippen LogP contribution in [0.4, 0.5) is 0 Å². The molecule has 0 saturated heterocycles. The molecule has 0 aliphatic carbocycles. The number of benzene rings is 1. The lowest BCUT2D eigenvalue weighted by Crippen LogP contribution is -2.18. The second-order valence-electron chi connectivity index (χ2n) is 6.03. The molecular weight excluding hydrogens is 266 g/mol. The molecule has 1 N–H and O–H groups in total. The van der Waals surface area contributed by atoms with Crippen molar-refractivity contribution in [3.8, 4) is 0 Å². The molecule has 0 radical (unpaired) electrons. The van der Waals surface area contributed by atoms with Gasteiger partial charge in [-0.3, -0.25) is 0 Å². The van der Waals surface area contributed by atoms with Crippen LogP contribution in [-0.4, -0.2) is 16.6 Å². The van der Waals surface area contributed by atoms with E-state index in [1.807, 2.05) is 7.05 Å². The Morgan fingerprint density at radius 3 is 2.35 bits per heavy atom. The van der Waals surface area contributed by atoms with Crippen LogP contribution >= 0.6 is 11.5 Å². The standard InChI is InChI=1S/C16H23N3S/c1-6-13-15(20-19-18-13)14(17-5)11-7-9-12(10-8-11)16(2,3)4/h7-10,14,17H,6H2,1-5H3. The Kier molecular flexibility index (Phi) is 4.55. The van der Waals surface area contributed by atoms with E-state index in [-0.39, 0.29) is 11.5 Å². The van der Waals surface area contributed by atoms with Crippen molar-refractivity contribution in [3.05, 3.63) is 46.0 Å². The monoisotopic (exact) mass is 289 g/mol. The maximum absolute atomic E-state index is 4.21. The second kappa shape index (κ2) is 6.02. The third-order valence-corrected chi connectivity index (χ3v) is 4.41. The summed E-state index contributed by atoms with van der Waals surface area (Å²) in [5.74, 6) is 0. The Hall–Kier alpha value is -1.26. The van der Waals surface area contributed by atoms with E-state index in [1.165, 1.54) is 27.5 Å². The lowest BCUT2D eigenvalue weighted by molar-refractivity contribution is 0.589. The molecule has 0 aliphatic rings. The fourth-order valence-corrected chi connectivity index (χ4v) is 3.18. The zero-order chi connectivity index (χ0) is 14.8. The summed E-state index contributed by atoms with van der Waals surface area (Å²) in [6, 6.07) is 9.04. The first kappa shape index (κ1) is 15.1. The SMILES string of the molecule is CCc1nnsc1C(NC)c1ccc(C(C)(C)C)cc1. The molecule has 2 rings (SSSR count). The van der Waals surface area contributed by atoms with Crippen LogP contribution in [-0.2, 0) is 11.8 Å².